The van der Waals surface area contributed by atoms with E-state index in [1.807, 2.05) is 54.6 Å². The summed E-state index contributed by atoms with van der Waals surface area (Å²) in [5.41, 5.74) is 4.25. The molecule has 3 aromatic rings. The molecule has 0 fully saturated rings. The number of rotatable bonds is 7. The summed E-state index contributed by atoms with van der Waals surface area (Å²) in [7, 11) is 0. The molecule has 0 N–H and O–H groups in total. The minimum Gasteiger partial charge on any atom is -0.294 e. The zero-order valence-electron chi connectivity index (χ0n) is 14.7. The van der Waals surface area contributed by atoms with Gasteiger partial charge < -0.3 is 0 Å². The molecule has 0 aliphatic heterocycles. The SMILES string of the molecule is [CH2]CCC(CC(=O)c1ccc(-c2ccc(Br)cc2)cc1)c1ccccc1. The van der Waals surface area contributed by atoms with Crippen molar-refractivity contribution in [2.45, 2.75) is 25.2 Å². The molecule has 1 unspecified atom stereocenters. The number of carbonyl (C=O) groups excluding carboxylic acids is 1. The molecule has 0 amide bonds. The van der Waals surface area contributed by atoms with Gasteiger partial charge in [0.05, 0.1) is 0 Å². The van der Waals surface area contributed by atoms with E-state index < -0.39 is 0 Å². The van der Waals surface area contributed by atoms with Gasteiger partial charge in [0.1, 0.15) is 0 Å². The molecule has 2 heteroatoms. The van der Waals surface area contributed by atoms with Gasteiger partial charge in [0, 0.05) is 16.5 Å². The summed E-state index contributed by atoms with van der Waals surface area (Å²) in [5, 5.41) is 0. The summed E-state index contributed by atoms with van der Waals surface area (Å²) in [5.74, 6) is 0.419. The van der Waals surface area contributed by atoms with Crippen molar-refractivity contribution in [2.75, 3.05) is 0 Å². The van der Waals surface area contributed by atoms with Crippen LogP contribution < -0.4 is 0 Å². The Bertz CT molecular complexity index is 836. The van der Waals surface area contributed by atoms with E-state index in [1.165, 1.54) is 5.56 Å². The third-order valence-electron chi connectivity index (χ3n) is 4.64. The minimum atomic E-state index is 0.189. The van der Waals surface area contributed by atoms with E-state index in [0.29, 0.717) is 6.42 Å². The van der Waals surface area contributed by atoms with Crippen LogP contribution in [0.2, 0.25) is 0 Å². The van der Waals surface area contributed by atoms with E-state index in [4.69, 9.17) is 0 Å². The largest absolute Gasteiger partial charge is 0.294 e. The molecule has 3 aromatic carbocycles. The fourth-order valence-corrected chi connectivity index (χ4v) is 3.46. The average molecular weight is 406 g/mol. The summed E-state index contributed by atoms with van der Waals surface area (Å²) < 4.78 is 1.06. The monoisotopic (exact) mass is 405 g/mol. The third kappa shape index (κ3) is 4.70. The first-order valence-corrected chi connectivity index (χ1v) is 9.70. The quantitative estimate of drug-likeness (QED) is 0.383. The van der Waals surface area contributed by atoms with Crippen molar-refractivity contribution in [3.63, 3.8) is 0 Å². The molecule has 3 rings (SSSR count). The first-order valence-electron chi connectivity index (χ1n) is 8.91. The predicted molar refractivity (Wildman–Crippen MR) is 112 cm³/mol. The Morgan fingerprint density at radius 3 is 2.00 bits per heavy atom. The molecule has 0 saturated heterocycles. The van der Waals surface area contributed by atoms with Gasteiger partial charge in [-0.2, -0.15) is 0 Å². The second-order valence-electron chi connectivity index (χ2n) is 6.46. The smallest absolute Gasteiger partial charge is 0.163 e. The van der Waals surface area contributed by atoms with Gasteiger partial charge in [0.2, 0.25) is 0 Å². The molecular weight excluding hydrogens is 384 g/mol. The van der Waals surface area contributed by atoms with Gasteiger partial charge in [0.15, 0.2) is 5.78 Å². The first-order chi connectivity index (χ1) is 12.7. The molecule has 0 aliphatic rings. The van der Waals surface area contributed by atoms with Gasteiger partial charge in [0.25, 0.3) is 0 Å². The number of hydrogen-bond donors (Lipinski definition) is 0. The molecule has 1 radical (unpaired) electrons. The van der Waals surface area contributed by atoms with E-state index in [2.05, 4.69) is 47.1 Å². The molecule has 0 saturated carbocycles. The first kappa shape index (κ1) is 18.6. The lowest BCUT2D eigenvalue weighted by molar-refractivity contribution is 0.0972. The summed E-state index contributed by atoms with van der Waals surface area (Å²) in [6, 6.07) is 26.4. The molecule has 0 heterocycles. The molecule has 0 aromatic heterocycles. The van der Waals surface area contributed by atoms with Gasteiger partial charge in [-0.3, -0.25) is 4.79 Å². The number of ketones is 1. The molecule has 0 bridgehead atoms. The number of Topliss-reactive ketones (excluding diaryl/α,β-unsaturated/α-hetero) is 1. The van der Waals surface area contributed by atoms with E-state index >= 15 is 0 Å². The van der Waals surface area contributed by atoms with Crippen molar-refractivity contribution in [1.29, 1.82) is 0 Å². The number of hydrogen-bond acceptors (Lipinski definition) is 1. The van der Waals surface area contributed by atoms with Crippen molar-refractivity contribution in [1.82, 2.24) is 0 Å². The lowest BCUT2D eigenvalue weighted by Gasteiger charge is -2.16. The summed E-state index contributed by atoms with van der Waals surface area (Å²) in [4.78, 5) is 12.8. The Kier molecular flexibility index (Phi) is 6.40. The lowest BCUT2D eigenvalue weighted by atomic mass is 9.88. The normalized spacial score (nSPS) is 11.9. The Hall–Kier alpha value is -2.19. The third-order valence-corrected chi connectivity index (χ3v) is 5.17. The maximum Gasteiger partial charge on any atom is 0.163 e. The van der Waals surface area contributed by atoms with Gasteiger partial charge in [-0.25, -0.2) is 0 Å². The van der Waals surface area contributed by atoms with Crippen molar-refractivity contribution in [3.8, 4) is 11.1 Å². The van der Waals surface area contributed by atoms with Crippen LogP contribution in [0.15, 0.2) is 83.3 Å². The maximum absolute atomic E-state index is 12.8. The number of halogens is 1. The predicted octanol–water partition coefficient (Wildman–Crippen LogP) is 7.09. The molecule has 1 nitrogen and oxygen atoms in total. The van der Waals surface area contributed by atoms with Crippen LogP contribution in [-0.4, -0.2) is 5.78 Å². The Balaban J connectivity index is 1.73. The Morgan fingerprint density at radius 2 is 1.42 bits per heavy atom. The van der Waals surface area contributed by atoms with Gasteiger partial charge in [-0.15, -0.1) is 0 Å². The molecule has 1 atom stereocenters. The zero-order valence-corrected chi connectivity index (χ0v) is 16.3. The summed E-state index contributed by atoms with van der Waals surface area (Å²) in [6.45, 7) is 3.97. The lowest BCUT2D eigenvalue weighted by Crippen LogP contribution is -2.08. The summed E-state index contributed by atoms with van der Waals surface area (Å²) in [6.07, 6.45) is 2.28. The fraction of sp³-hybridized carbons (Fsp3) is 0.167. The molecule has 0 spiro atoms. The van der Waals surface area contributed by atoms with E-state index in [9.17, 15) is 4.79 Å². The van der Waals surface area contributed by atoms with Gasteiger partial charge in [-0.1, -0.05) is 96.0 Å². The topological polar surface area (TPSA) is 17.1 Å². The minimum absolute atomic E-state index is 0.189. The average Bonchev–Trinajstić information content (AvgIpc) is 2.69. The second kappa shape index (κ2) is 8.95. The zero-order chi connectivity index (χ0) is 18.4. The van der Waals surface area contributed by atoms with Crippen LogP contribution in [0.1, 0.15) is 41.1 Å². The van der Waals surface area contributed by atoms with Crippen molar-refractivity contribution < 1.29 is 4.79 Å². The van der Waals surface area contributed by atoms with Crippen LogP contribution in [0.5, 0.6) is 0 Å². The van der Waals surface area contributed by atoms with E-state index in [0.717, 1.165) is 34.0 Å². The highest BCUT2D eigenvalue weighted by atomic mass is 79.9. The van der Waals surface area contributed by atoms with Crippen LogP contribution in [0.4, 0.5) is 0 Å². The van der Waals surface area contributed by atoms with Crippen molar-refractivity contribution in [3.05, 3.63) is 101 Å². The Morgan fingerprint density at radius 1 is 0.846 bits per heavy atom. The highest BCUT2D eigenvalue weighted by Gasteiger charge is 2.16. The van der Waals surface area contributed by atoms with E-state index in [1.54, 1.807) is 0 Å². The van der Waals surface area contributed by atoms with Crippen LogP contribution in [0.25, 0.3) is 11.1 Å². The van der Waals surface area contributed by atoms with Crippen LogP contribution in [-0.2, 0) is 0 Å². The van der Waals surface area contributed by atoms with Crippen molar-refractivity contribution >= 4 is 21.7 Å². The standard InChI is InChI=1S/C24H22BrO/c1-2-6-22(18-7-4-3-5-8-18)17-24(26)21-11-9-19(10-12-21)20-13-15-23(25)16-14-20/h3-5,7-16,22H,1-2,6,17H2. The van der Waals surface area contributed by atoms with Crippen molar-refractivity contribution in [2.24, 2.45) is 0 Å². The number of carbonyl (C=O) groups is 1. The van der Waals surface area contributed by atoms with E-state index in [-0.39, 0.29) is 11.7 Å². The van der Waals surface area contributed by atoms with Crippen LogP contribution >= 0.6 is 15.9 Å². The van der Waals surface area contributed by atoms with Gasteiger partial charge in [-0.05, 0) is 41.2 Å². The highest BCUT2D eigenvalue weighted by molar-refractivity contribution is 9.10. The molecule has 26 heavy (non-hydrogen) atoms. The van der Waals surface area contributed by atoms with Crippen LogP contribution in [0.3, 0.4) is 0 Å². The fourth-order valence-electron chi connectivity index (χ4n) is 3.19. The molecular formula is C24H22BrO. The molecule has 0 aliphatic carbocycles. The Labute approximate surface area is 164 Å². The molecule has 131 valence electrons. The van der Waals surface area contributed by atoms with Gasteiger partial charge >= 0.3 is 0 Å². The number of benzene rings is 3. The maximum atomic E-state index is 12.8. The highest BCUT2D eigenvalue weighted by Crippen LogP contribution is 2.27. The van der Waals surface area contributed by atoms with Crippen LogP contribution in [0, 0.1) is 6.92 Å². The summed E-state index contributed by atoms with van der Waals surface area (Å²) >= 11 is 3.45. The second-order valence-corrected chi connectivity index (χ2v) is 7.38.